The number of hydrogen-bond donors (Lipinski definition) is 1. The molecule has 0 aliphatic carbocycles. The predicted octanol–water partition coefficient (Wildman–Crippen LogP) is 6.53. The van der Waals surface area contributed by atoms with Crippen LogP contribution in [0.5, 0.6) is 17.4 Å². The number of nitrogens with zero attached hydrogens (tertiary/aromatic N) is 3. The van der Waals surface area contributed by atoms with E-state index in [1.54, 1.807) is 12.1 Å². The summed E-state index contributed by atoms with van der Waals surface area (Å²) in [5.74, 6) is 2.09. The zero-order valence-corrected chi connectivity index (χ0v) is 17.4. The first kappa shape index (κ1) is 18.4. The average molecular weight is 417 g/mol. The minimum absolute atomic E-state index is 0.133. The van der Waals surface area contributed by atoms with Gasteiger partial charge in [0.25, 0.3) is 0 Å². The normalized spacial score (nSPS) is 11.4. The maximum absolute atomic E-state index is 10.1. The molecule has 6 aromatic rings. The smallest absolute Gasteiger partial charge is 0.219 e. The summed E-state index contributed by atoms with van der Waals surface area (Å²) in [6, 6.07) is 29.4. The molecule has 0 bridgehead atoms. The second-order valence-electron chi connectivity index (χ2n) is 7.77. The number of pyridine rings is 2. The van der Waals surface area contributed by atoms with E-state index in [0.29, 0.717) is 17.1 Å². The first-order valence-corrected chi connectivity index (χ1v) is 10.4. The maximum atomic E-state index is 10.1. The Balaban J connectivity index is 1.52. The van der Waals surface area contributed by atoms with Crippen LogP contribution < -0.4 is 4.74 Å². The summed E-state index contributed by atoms with van der Waals surface area (Å²) in [7, 11) is 0. The van der Waals surface area contributed by atoms with Crippen LogP contribution >= 0.6 is 0 Å². The highest BCUT2D eigenvalue weighted by atomic mass is 16.5. The molecule has 3 heterocycles. The number of aromatic hydroxyl groups is 1. The van der Waals surface area contributed by atoms with Crippen molar-refractivity contribution in [3.8, 4) is 23.2 Å². The van der Waals surface area contributed by atoms with E-state index < -0.39 is 0 Å². The fourth-order valence-electron chi connectivity index (χ4n) is 4.20. The Hall–Kier alpha value is -4.38. The van der Waals surface area contributed by atoms with E-state index in [1.807, 2.05) is 67.6 Å². The molecule has 5 heteroatoms. The van der Waals surface area contributed by atoms with Crippen molar-refractivity contribution in [2.24, 2.45) is 0 Å². The Morgan fingerprint density at radius 2 is 1.59 bits per heavy atom. The Labute approximate surface area is 184 Å². The third kappa shape index (κ3) is 2.94. The number of hydrogen-bond acceptors (Lipinski definition) is 4. The van der Waals surface area contributed by atoms with Gasteiger partial charge in [0.1, 0.15) is 22.8 Å². The lowest BCUT2D eigenvalue weighted by Gasteiger charge is -2.09. The van der Waals surface area contributed by atoms with Crippen molar-refractivity contribution in [2.45, 2.75) is 6.92 Å². The van der Waals surface area contributed by atoms with Gasteiger partial charge in [0, 0.05) is 34.0 Å². The maximum Gasteiger partial charge on any atom is 0.219 e. The molecule has 3 aromatic heterocycles. The van der Waals surface area contributed by atoms with E-state index in [1.165, 1.54) is 0 Å². The highest BCUT2D eigenvalue weighted by Crippen LogP contribution is 2.35. The fourth-order valence-corrected chi connectivity index (χ4v) is 4.20. The van der Waals surface area contributed by atoms with Gasteiger partial charge in [-0.05, 0) is 49.4 Å². The molecule has 0 fully saturated rings. The van der Waals surface area contributed by atoms with Crippen LogP contribution in [0.15, 0.2) is 91.0 Å². The van der Waals surface area contributed by atoms with Gasteiger partial charge in [0.2, 0.25) is 5.88 Å². The highest BCUT2D eigenvalue weighted by molar-refractivity contribution is 6.09. The van der Waals surface area contributed by atoms with Crippen molar-refractivity contribution < 1.29 is 9.84 Å². The second kappa shape index (κ2) is 7.10. The molecule has 0 saturated carbocycles. The molecule has 5 nitrogen and oxygen atoms in total. The Kier molecular flexibility index (Phi) is 4.08. The van der Waals surface area contributed by atoms with E-state index in [9.17, 15) is 5.11 Å². The molecule has 1 N–H and O–H groups in total. The number of aryl methyl sites for hydroxylation is 1. The summed E-state index contributed by atoms with van der Waals surface area (Å²) in [6.45, 7) is 1.99. The number of ether oxygens (including phenoxy) is 1. The lowest BCUT2D eigenvalue weighted by Crippen LogP contribution is -1.98. The number of phenolic OH excluding ortho intramolecular Hbond substituents is 1. The molecule has 0 amide bonds. The second-order valence-corrected chi connectivity index (χ2v) is 7.77. The summed E-state index contributed by atoms with van der Waals surface area (Å²) in [6.07, 6.45) is 0. The van der Waals surface area contributed by atoms with Crippen LogP contribution in [0.2, 0.25) is 0 Å². The lowest BCUT2D eigenvalue weighted by atomic mass is 10.1. The topological polar surface area (TPSA) is 60.2 Å². The van der Waals surface area contributed by atoms with Gasteiger partial charge in [0.15, 0.2) is 0 Å². The first-order valence-electron chi connectivity index (χ1n) is 10.4. The quantitative estimate of drug-likeness (QED) is 0.355. The van der Waals surface area contributed by atoms with Crippen LogP contribution in [-0.2, 0) is 0 Å². The third-order valence-corrected chi connectivity index (χ3v) is 5.64. The Morgan fingerprint density at radius 1 is 0.750 bits per heavy atom. The molecule has 0 atom stereocenters. The van der Waals surface area contributed by atoms with Gasteiger partial charge >= 0.3 is 0 Å². The highest BCUT2D eigenvalue weighted by Gasteiger charge is 2.14. The number of para-hydroxylation sites is 2. The summed E-state index contributed by atoms with van der Waals surface area (Å²) >= 11 is 0. The lowest BCUT2D eigenvalue weighted by molar-refractivity contribution is 0.460. The molecule has 0 radical (unpaired) electrons. The van der Waals surface area contributed by atoms with E-state index in [-0.39, 0.29) is 5.75 Å². The van der Waals surface area contributed by atoms with Gasteiger partial charge in [-0.25, -0.2) is 9.97 Å². The SMILES string of the molecule is Cc1cccc(-n2c3ccccc3c3ccc(Oc4ccc5cccc(O)c5n4)cc32)n1. The number of benzene rings is 3. The molecule has 0 aliphatic rings. The van der Waals surface area contributed by atoms with Crippen molar-refractivity contribution in [3.05, 3.63) is 96.7 Å². The molecule has 154 valence electrons. The number of fused-ring (bicyclic) bond motifs is 4. The summed E-state index contributed by atoms with van der Waals surface area (Å²) < 4.78 is 8.26. The van der Waals surface area contributed by atoms with Crippen LogP contribution in [0.3, 0.4) is 0 Å². The van der Waals surface area contributed by atoms with Gasteiger partial charge in [-0.1, -0.05) is 36.4 Å². The standard InChI is InChI=1S/C27H19N3O2/c1-17-6-4-11-25(28-17)30-22-9-3-2-8-20(22)21-14-13-19(16-23(21)30)32-26-15-12-18-7-5-10-24(31)27(18)29-26/h2-16,31H,1H3. The largest absolute Gasteiger partial charge is 0.506 e. The molecule has 0 unspecified atom stereocenters. The zero-order valence-electron chi connectivity index (χ0n) is 17.4. The molecule has 0 spiro atoms. The molecule has 3 aromatic carbocycles. The summed E-state index contributed by atoms with van der Waals surface area (Å²) in [5.41, 5.74) is 3.57. The van der Waals surface area contributed by atoms with Crippen LogP contribution in [0.1, 0.15) is 5.69 Å². The zero-order chi connectivity index (χ0) is 21.7. The fraction of sp³-hybridized carbons (Fsp3) is 0.0370. The minimum atomic E-state index is 0.133. The predicted molar refractivity (Wildman–Crippen MR) is 127 cm³/mol. The summed E-state index contributed by atoms with van der Waals surface area (Å²) in [4.78, 5) is 9.25. The minimum Gasteiger partial charge on any atom is -0.506 e. The summed E-state index contributed by atoms with van der Waals surface area (Å²) in [5, 5.41) is 13.3. The molecule has 6 rings (SSSR count). The van der Waals surface area contributed by atoms with Gasteiger partial charge in [-0.2, -0.15) is 0 Å². The third-order valence-electron chi connectivity index (χ3n) is 5.64. The number of rotatable bonds is 3. The Morgan fingerprint density at radius 3 is 2.50 bits per heavy atom. The van der Waals surface area contributed by atoms with E-state index >= 15 is 0 Å². The Bertz CT molecular complexity index is 1640. The van der Waals surface area contributed by atoms with Crippen LogP contribution in [0.25, 0.3) is 38.5 Å². The van der Waals surface area contributed by atoms with Crippen molar-refractivity contribution in [1.82, 2.24) is 14.5 Å². The average Bonchev–Trinajstić information content (AvgIpc) is 3.13. The van der Waals surface area contributed by atoms with E-state index in [4.69, 9.17) is 9.72 Å². The number of aromatic nitrogens is 3. The van der Waals surface area contributed by atoms with Crippen LogP contribution in [0.4, 0.5) is 0 Å². The van der Waals surface area contributed by atoms with E-state index in [2.05, 4.69) is 27.8 Å². The van der Waals surface area contributed by atoms with Gasteiger partial charge in [0.05, 0.1) is 11.0 Å². The first-order chi connectivity index (χ1) is 15.7. The van der Waals surface area contributed by atoms with Crippen LogP contribution in [-0.4, -0.2) is 19.6 Å². The van der Waals surface area contributed by atoms with Crippen molar-refractivity contribution in [2.75, 3.05) is 0 Å². The molecule has 0 aliphatic heterocycles. The van der Waals surface area contributed by atoms with Crippen molar-refractivity contribution in [1.29, 1.82) is 0 Å². The molecule has 32 heavy (non-hydrogen) atoms. The van der Waals surface area contributed by atoms with Gasteiger partial charge < -0.3 is 9.84 Å². The van der Waals surface area contributed by atoms with Crippen molar-refractivity contribution in [3.63, 3.8) is 0 Å². The van der Waals surface area contributed by atoms with Crippen molar-refractivity contribution >= 4 is 32.7 Å². The molecular weight excluding hydrogens is 398 g/mol. The van der Waals surface area contributed by atoms with Gasteiger partial charge in [-0.3, -0.25) is 4.57 Å². The monoisotopic (exact) mass is 417 g/mol. The number of phenols is 1. The van der Waals surface area contributed by atoms with E-state index in [0.717, 1.165) is 38.7 Å². The van der Waals surface area contributed by atoms with Crippen LogP contribution in [0, 0.1) is 6.92 Å². The molecule has 0 saturated heterocycles. The molecular formula is C27H19N3O2. The van der Waals surface area contributed by atoms with Gasteiger partial charge in [-0.15, -0.1) is 0 Å².